The molecule has 1 atom stereocenters. The van der Waals surface area contributed by atoms with Crippen LogP contribution in [0.1, 0.15) is 54.6 Å². The van der Waals surface area contributed by atoms with Crippen molar-refractivity contribution < 1.29 is 13.9 Å². The van der Waals surface area contributed by atoms with Crippen LogP contribution in [0.15, 0.2) is 14.6 Å². The zero-order valence-electron chi connectivity index (χ0n) is 15.5. The number of guanidine groups is 1. The lowest BCUT2D eigenvalue weighted by atomic mass is 9.75. The third kappa shape index (κ3) is 4.39. The number of furan rings is 1. The smallest absolute Gasteiger partial charge is 0.287 e. The van der Waals surface area contributed by atoms with Gasteiger partial charge in [0.25, 0.3) is 5.91 Å². The summed E-state index contributed by atoms with van der Waals surface area (Å²) in [6, 6.07) is -0.120. The Morgan fingerprint density at radius 3 is 2.68 bits per heavy atom. The molecule has 0 aliphatic heterocycles. The number of amides is 1. The second kappa shape index (κ2) is 7.26. The second-order valence-electron chi connectivity index (χ2n) is 7.27. The summed E-state index contributed by atoms with van der Waals surface area (Å²) in [4.78, 5) is 12.5. The van der Waals surface area contributed by atoms with Crippen LogP contribution in [-0.2, 0) is 11.2 Å². The molecule has 1 aliphatic rings. The van der Waals surface area contributed by atoms with Gasteiger partial charge in [0, 0.05) is 30.7 Å². The summed E-state index contributed by atoms with van der Waals surface area (Å²) < 4.78 is 11.0. The minimum Gasteiger partial charge on any atom is -0.455 e. The number of methoxy groups -OCH3 is 1. The molecule has 0 aromatic carbocycles. The van der Waals surface area contributed by atoms with Gasteiger partial charge in [-0.1, -0.05) is 13.8 Å². The van der Waals surface area contributed by atoms with Gasteiger partial charge in [0.2, 0.25) is 5.96 Å². The van der Waals surface area contributed by atoms with Crippen LogP contribution in [0.5, 0.6) is 0 Å². The maximum Gasteiger partial charge on any atom is 0.287 e. The van der Waals surface area contributed by atoms with Crippen molar-refractivity contribution in [2.75, 3.05) is 13.7 Å². The lowest BCUT2D eigenvalue weighted by molar-refractivity contribution is 0.0874. The van der Waals surface area contributed by atoms with Crippen molar-refractivity contribution in [2.24, 2.45) is 27.1 Å². The van der Waals surface area contributed by atoms with Gasteiger partial charge in [0.05, 0.1) is 12.3 Å². The van der Waals surface area contributed by atoms with Crippen molar-refractivity contribution in [3.8, 4) is 0 Å². The van der Waals surface area contributed by atoms with E-state index in [9.17, 15) is 4.79 Å². The Balaban J connectivity index is 2.42. The van der Waals surface area contributed by atoms with E-state index in [1.807, 2.05) is 13.8 Å². The van der Waals surface area contributed by atoms with Crippen LogP contribution in [0.4, 0.5) is 0 Å². The minimum atomic E-state index is -0.268. The van der Waals surface area contributed by atoms with E-state index in [4.69, 9.17) is 20.6 Å². The molecular weight excluding hydrogens is 322 g/mol. The maximum absolute atomic E-state index is 12.5. The molecule has 1 aliphatic carbocycles. The van der Waals surface area contributed by atoms with Crippen molar-refractivity contribution >= 4 is 17.6 Å². The quantitative estimate of drug-likeness (QED) is 0.419. The van der Waals surface area contributed by atoms with E-state index in [1.165, 1.54) is 0 Å². The summed E-state index contributed by atoms with van der Waals surface area (Å²) >= 11 is 0. The fraction of sp³-hybridized carbons (Fsp3) is 0.588. The highest BCUT2D eigenvalue weighted by Crippen LogP contribution is 2.38. The van der Waals surface area contributed by atoms with Crippen molar-refractivity contribution in [3.63, 3.8) is 0 Å². The topological polar surface area (TPSA) is 128 Å². The van der Waals surface area contributed by atoms with Crippen LogP contribution in [0, 0.1) is 12.3 Å². The van der Waals surface area contributed by atoms with E-state index in [1.54, 1.807) is 7.11 Å². The molecular formula is C17H27N5O3. The fourth-order valence-electron chi connectivity index (χ4n) is 3.12. The first-order chi connectivity index (χ1) is 11.6. The zero-order chi connectivity index (χ0) is 18.8. The Kier molecular flexibility index (Phi) is 5.52. The zero-order valence-corrected chi connectivity index (χ0v) is 15.5. The molecule has 0 saturated heterocycles. The highest BCUT2D eigenvalue weighted by Gasteiger charge is 2.36. The van der Waals surface area contributed by atoms with Crippen LogP contribution in [-0.4, -0.2) is 37.3 Å². The molecule has 0 radical (unpaired) electrons. The third-order valence-electron chi connectivity index (χ3n) is 4.08. The molecule has 8 heteroatoms. The second-order valence-corrected chi connectivity index (χ2v) is 7.27. The minimum absolute atomic E-state index is 0.0634. The highest BCUT2D eigenvalue weighted by molar-refractivity contribution is 6.07. The van der Waals surface area contributed by atoms with Gasteiger partial charge in [0.15, 0.2) is 5.76 Å². The summed E-state index contributed by atoms with van der Waals surface area (Å²) in [7, 11) is 1.59. The number of ether oxygens (including phenoxy) is 1. The van der Waals surface area contributed by atoms with Gasteiger partial charge >= 0.3 is 0 Å². The number of carbonyl (C=O) groups excluding carboxylic acids is 1. The van der Waals surface area contributed by atoms with E-state index in [2.05, 4.69) is 29.4 Å². The number of hydrogen-bond donors (Lipinski definition) is 3. The Bertz CT molecular complexity index is 714. The normalized spacial score (nSPS) is 18.5. The van der Waals surface area contributed by atoms with Crippen LogP contribution >= 0.6 is 0 Å². The molecule has 2 rings (SSSR count). The standard InChI is InChI=1S/C17H27N5O3/c1-9(8-24-5)20-15(23)14-10(2)13-11(21-22-16(18)19)6-17(3,4)7-12(13)25-14/h9H,6-8H2,1-5H3,(H,20,23)(H4,18,19,22)/b21-11-. The Morgan fingerprint density at radius 2 is 2.08 bits per heavy atom. The van der Waals surface area contributed by atoms with Gasteiger partial charge in [-0.05, 0) is 25.7 Å². The first-order valence-corrected chi connectivity index (χ1v) is 8.22. The molecule has 0 fully saturated rings. The van der Waals surface area contributed by atoms with Crippen molar-refractivity contribution in [3.05, 3.63) is 22.6 Å². The monoisotopic (exact) mass is 349 g/mol. The average molecular weight is 349 g/mol. The van der Waals surface area contributed by atoms with E-state index < -0.39 is 0 Å². The highest BCUT2D eigenvalue weighted by atomic mass is 16.5. The van der Waals surface area contributed by atoms with Crippen molar-refractivity contribution in [1.82, 2.24) is 5.32 Å². The van der Waals surface area contributed by atoms with Crippen molar-refractivity contribution in [2.45, 2.75) is 46.6 Å². The fourth-order valence-corrected chi connectivity index (χ4v) is 3.12. The molecule has 1 aromatic rings. The summed E-state index contributed by atoms with van der Waals surface area (Å²) in [6.07, 6.45) is 1.41. The van der Waals surface area contributed by atoms with Gasteiger partial charge in [-0.25, -0.2) is 0 Å². The predicted molar refractivity (Wildman–Crippen MR) is 96.7 cm³/mol. The Hall–Kier alpha value is -2.35. The molecule has 1 heterocycles. The number of hydrogen-bond acceptors (Lipinski definition) is 5. The number of fused-ring (bicyclic) bond motifs is 1. The SMILES string of the molecule is COCC(C)NC(=O)c1oc2c(c1C)/C(=N\N=C(N)N)CC(C)(C)C2. The summed E-state index contributed by atoms with van der Waals surface area (Å²) in [6.45, 7) is 8.36. The van der Waals surface area contributed by atoms with Gasteiger partial charge in [-0.2, -0.15) is 5.10 Å². The third-order valence-corrected chi connectivity index (χ3v) is 4.08. The van der Waals surface area contributed by atoms with Crippen molar-refractivity contribution in [1.29, 1.82) is 0 Å². The van der Waals surface area contributed by atoms with Gasteiger partial charge < -0.3 is 25.9 Å². The number of nitrogens with zero attached hydrogens (tertiary/aromatic N) is 2. The maximum atomic E-state index is 12.5. The lowest BCUT2D eigenvalue weighted by Crippen LogP contribution is -2.35. The van der Waals surface area contributed by atoms with Gasteiger partial charge in [-0.15, -0.1) is 5.10 Å². The van der Waals surface area contributed by atoms with E-state index in [0.29, 0.717) is 25.2 Å². The van der Waals surface area contributed by atoms with E-state index in [-0.39, 0.29) is 23.3 Å². The number of rotatable bonds is 5. The Labute approximate surface area is 147 Å². The van der Waals surface area contributed by atoms with Crippen LogP contribution in [0.3, 0.4) is 0 Å². The average Bonchev–Trinajstić information content (AvgIpc) is 2.80. The van der Waals surface area contributed by atoms with Crippen LogP contribution < -0.4 is 16.8 Å². The number of nitrogens with one attached hydrogen (secondary N) is 1. The predicted octanol–water partition coefficient (Wildman–Crippen LogP) is 1.30. The Morgan fingerprint density at radius 1 is 1.40 bits per heavy atom. The molecule has 0 saturated carbocycles. The molecule has 0 bridgehead atoms. The molecule has 1 aromatic heterocycles. The first kappa shape index (κ1) is 19.0. The van der Waals surface area contributed by atoms with E-state index in [0.717, 1.165) is 22.6 Å². The largest absolute Gasteiger partial charge is 0.455 e. The van der Waals surface area contributed by atoms with Gasteiger partial charge in [-0.3, -0.25) is 4.79 Å². The molecule has 25 heavy (non-hydrogen) atoms. The molecule has 5 N–H and O–H groups in total. The number of carbonyl (C=O) groups is 1. The summed E-state index contributed by atoms with van der Waals surface area (Å²) in [5.41, 5.74) is 13.0. The van der Waals surface area contributed by atoms with E-state index >= 15 is 0 Å². The number of nitrogens with two attached hydrogens (primary N) is 2. The summed E-state index contributed by atoms with van der Waals surface area (Å²) in [5, 5.41) is 10.8. The summed E-state index contributed by atoms with van der Waals surface area (Å²) in [5.74, 6) is 0.659. The lowest BCUT2D eigenvalue weighted by Gasteiger charge is -2.29. The van der Waals surface area contributed by atoms with Crippen LogP contribution in [0.25, 0.3) is 0 Å². The van der Waals surface area contributed by atoms with Crippen LogP contribution in [0.2, 0.25) is 0 Å². The molecule has 1 unspecified atom stereocenters. The molecule has 8 nitrogen and oxygen atoms in total. The molecule has 0 spiro atoms. The first-order valence-electron chi connectivity index (χ1n) is 8.22. The molecule has 1 amide bonds. The van der Waals surface area contributed by atoms with Gasteiger partial charge in [0.1, 0.15) is 5.76 Å². The molecule has 138 valence electrons.